The van der Waals surface area contributed by atoms with E-state index < -0.39 is 5.91 Å². The fourth-order valence-corrected chi connectivity index (χ4v) is 3.19. The summed E-state index contributed by atoms with van der Waals surface area (Å²) in [4.78, 5) is 24.9. The van der Waals surface area contributed by atoms with Crippen molar-refractivity contribution in [2.75, 3.05) is 5.32 Å². The lowest BCUT2D eigenvalue weighted by molar-refractivity contribution is 0.100. The standard InChI is InChI=1S/C14H17N3O3S/c1-5-9-11(7(3)20-17-9)13(19)16-14-10(12(15)18)6(2)8(4)21-14/h5H2,1-4H3,(H2,15,18)(H,16,19). The SMILES string of the molecule is CCc1noc(C)c1C(=O)Nc1sc(C)c(C)c1C(N)=O. The Morgan fingerprint density at radius 1 is 1.29 bits per heavy atom. The van der Waals surface area contributed by atoms with Gasteiger partial charge in [0.2, 0.25) is 0 Å². The monoisotopic (exact) mass is 307 g/mol. The van der Waals surface area contributed by atoms with Crippen LogP contribution in [0.3, 0.4) is 0 Å². The van der Waals surface area contributed by atoms with Crippen molar-refractivity contribution in [1.82, 2.24) is 5.16 Å². The lowest BCUT2D eigenvalue weighted by atomic mass is 10.1. The molecule has 0 aliphatic rings. The van der Waals surface area contributed by atoms with Gasteiger partial charge in [-0.15, -0.1) is 11.3 Å². The van der Waals surface area contributed by atoms with E-state index in [1.807, 2.05) is 20.8 Å². The normalized spacial score (nSPS) is 10.7. The highest BCUT2D eigenvalue weighted by Gasteiger charge is 2.23. The number of nitrogens with zero attached hydrogens (tertiary/aromatic N) is 1. The van der Waals surface area contributed by atoms with Crippen LogP contribution in [0.5, 0.6) is 0 Å². The number of nitrogens with two attached hydrogens (primary N) is 1. The summed E-state index contributed by atoms with van der Waals surface area (Å²) in [6, 6.07) is 0. The number of carbonyl (C=O) groups is 2. The first-order valence-electron chi connectivity index (χ1n) is 6.53. The number of aromatic nitrogens is 1. The van der Waals surface area contributed by atoms with Gasteiger partial charge in [-0.2, -0.15) is 0 Å². The minimum atomic E-state index is -0.551. The molecule has 2 aromatic rings. The van der Waals surface area contributed by atoms with Crippen molar-refractivity contribution in [1.29, 1.82) is 0 Å². The predicted octanol–water partition coefficient (Wildman–Crippen LogP) is 2.57. The fourth-order valence-electron chi connectivity index (χ4n) is 2.13. The first kappa shape index (κ1) is 15.2. The third-order valence-electron chi connectivity index (χ3n) is 3.35. The van der Waals surface area contributed by atoms with Crippen LogP contribution < -0.4 is 11.1 Å². The first-order valence-corrected chi connectivity index (χ1v) is 7.34. The molecular formula is C14H17N3O3S. The highest BCUT2D eigenvalue weighted by Crippen LogP contribution is 2.32. The molecule has 3 N–H and O–H groups in total. The molecule has 0 aromatic carbocycles. The van der Waals surface area contributed by atoms with Crippen LogP contribution in [-0.4, -0.2) is 17.0 Å². The Hall–Kier alpha value is -2.15. The van der Waals surface area contributed by atoms with Crippen LogP contribution in [-0.2, 0) is 6.42 Å². The van der Waals surface area contributed by atoms with E-state index in [9.17, 15) is 9.59 Å². The van der Waals surface area contributed by atoms with E-state index in [1.165, 1.54) is 11.3 Å². The van der Waals surface area contributed by atoms with Gasteiger partial charge in [-0.1, -0.05) is 12.1 Å². The van der Waals surface area contributed by atoms with E-state index in [0.29, 0.717) is 34.0 Å². The topological polar surface area (TPSA) is 98.2 Å². The Morgan fingerprint density at radius 3 is 2.52 bits per heavy atom. The molecule has 2 amide bonds. The van der Waals surface area contributed by atoms with Gasteiger partial charge in [0.25, 0.3) is 11.8 Å². The number of amides is 2. The van der Waals surface area contributed by atoms with Gasteiger partial charge in [0.15, 0.2) is 0 Å². The number of hydrogen-bond acceptors (Lipinski definition) is 5. The maximum Gasteiger partial charge on any atom is 0.261 e. The molecule has 21 heavy (non-hydrogen) atoms. The van der Waals surface area contributed by atoms with E-state index in [2.05, 4.69) is 10.5 Å². The zero-order chi connectivity index (χ0) is 15.7. The van der Waals surface area contributed by atoms with E-state index in [0.717, 1.165) is 10.4 Å². The van der Waals surface area contributed by atoms with Crippen molar-refractivity contribution >= 4 is 28.2 Å². The molecule has 0 aliphatic heterocycles. The van der Waals surface area contributed by atoms with Crippen LogP contribution >= 0.6 is 11.3 Å². The number of carbonyl (C=O) groups excluding carboxylic acids is 2. The molecule has 0 radical (unpaired) electrons. The third kappa shape index (κ3) is 2.69. The summed E-state index contributed by atoms with van der Waals surface area (Å²) in [6.45, 7) is 7.26. The minimum Gasteiger partial charge on any atom is -0.365 e. The highest BCUT2D eigenvalue weighted by atomic mass is 32.1. The molecule has 0 unspecified atom stereocenters. The van der Waals surface area contributed by atoms with E-state index in [-0.39, 0.29) is 5.91 Å². The van der Waals surface area contributed by atoms with Crippen LogP contribution in [0.15, 0.2) is 4.52 Å². The molecule has 0 spiro atoms. The molecule has 7 heteroatoms. The van der Waals surface area contributed by atoms with Crippen LogP contribution in [0.2, 0.25) is 0 Å². The maximum absolute atomic E-state index is 12.4. The number of aryl methyl sites for hydroxylation is 3. The Labute approximate surface area is 126 Å². The molecule has 0 saturated carbocycles. The van der Waals surface area contributed by atoms with Gasteiger partial charge in [-0.05, 0) is 32.8 Å². The minimum absolute atomic E-state index is 0.339. The second kappa shape index (κ2) is 5.69. The predicted molar refractivity (Wildman–Crippen MR) is 80.9 cm³/mol. The van der Waals surface area contributed by atoms with Crippen LogP contribution in [0.1, 0.15) is 49.5 Å². The summed E-state index contributed by atoms with van der Waals surface area (Å²) in [7, 11) is 0. The molecule has 0 bridgehead atoms. The summed E-state index contributed by atoms with van der Waals surface area (Å²) in [6.07, 6.45) is 0.589. The van der Waals surface area contributed by atoms with Gasteiger partial charge in [-0.3, -0.25) is 9.59 Å². The number of thiophene rings is 1. The average molecular weight is 307 g/mol. The zero-order valence-corrected chi connectivity index (χ0v) is 13.2. The van der Waals surface area contributed by atoms with Gasteiger partial charge in [0.05, 0.1) is 11.3 Å². The highest BCUT2D eigenvalue weighted by molar-refractivity contribution is 7.16. The molecule has 0 atom stereocenters. The van der Waals surface area contributed by atoms with Gasteiger partial charge in [-0.25, -0.2) is 0 Å². The Balaban J connectivity index is 2.39. The van der Waals surface area contributed by atoms with Crippen molar-refractivity contribution in [2.45, 2.75) is 34.1 Å². The first-order chi connectivity index (χ1) is 9.86. The molecule has 2 rings (SSSR count). The molecule has 0 saturated heterocycles. The van der Waals surface area contributed by atoms with Gasteiger partial charge in [0.1, 0.15) is 16.3 Å². The van der Waals surface area contributed by atoms with E-state index in [4.69, 9.17) is 10.3 Å². The summed E-state index contributed by atoms with van der Waals surface area (Å²) in [5.41, 5.74) is 7.55. The molecule has 6 nitrogen and oxygen atoms in total. The van der Waals surface area contributed by atoms with Crippen LogP contribution in [0, 0.1) is 20.8 Å². The molecule has 0 aliphatic carbocycles. The third-order valence-corrected chi connectivity index (χ3v) is 4.48. The maximum atomic E-state index is 12.4. The Kier molecular flexibility index (Phi) is 4.13. The number of hydrogen-bond donors (Lipinski definition) is 2. The van der Waals surface area contributed by atoms with Crippen molar-refractivity contribution in [3.05, 3.63) is 33.0 Å². The van der Waals surface area contributed by atoms with Gasteiger partial charge < -0.3 is 15.6 Å². The van der Waals surface area contributed by atoms with Crippen molar-refractivity contribution in [3.63, 3.8) is 0 Å². The average Bonchev–Trinajstić information content (AvgIpc) is 2.90. The van der Waals surface area contributed by atoms with Crippen molar-refractivity contribution < 1.29 is 14.1 Å². The molecule has 112 valence electrons. The summed E-state index contributed by atoms with van der Waals surface area (Å²) < 4.78 is 5.05. The largest absolute Gasteiger partial charge is 0.365 e. The lowest BCUT2D eigenvalue weighted by Gasteiger charge is -2.05. The number of anilines is 1. The molecule has 2 heterocycles. The lowest BCUT2D eigenvalue weighted by Crippen LogP contribution is -2.18. The van der Waals surface area contributed by atoms with Crippen molar-refractivity contribution in [3.8, 4) is 0 Å². The summed E-state index contributed by atoms with van der Waals surface area (Å²) in [5.74, 6) is -0.436. The number of primary amides is 1. The Bertz CT molecular complexity index is 715. The summed E-state index contributed by atoms with van der Waals surface area (Å²) in [5, 5.41) is 7.07. The quantitative estimate of drug-likeness (QED) is 0.907. The zero-order valence-electron chi connectivity index (χ0n) is 12.4. The van der Waals surface area contributed by atoms with Crippen LogP contribution in [0.25, 0.3) is 0 Å². The Morgan fingerprint density at radius 2 is 1.95 bits per heavy atom. The van der Waals surface area contributed by atoms with Gasteiger partial charge >= 0.3 is 0 Å². The molecule has 2 aromatic heterocycles. The second-order valence-electron chi connectivity index (χ2n) is 4.72. The van der Waals surface area contributed by atoms with Gasteiger partial charge in [0, 0.05) is 4.88 Å². The molecule has 0 fully saturated rings. The number of nitrogens with one attached hydrogen (secondary N) is 1. The molecular weight excluding hydrogens is 290 g/mol. The number of rotatable bonds is 4. The smallest absolute Gasteiger partial charge is 0.261 e. The van der Waals surface area contributed by atoms with E-state index in [1.54, 1.807) is 6.92 Å². The fraction of sp³-hybridized carbons (Fsp3) is 0.357. The van der Waals surface area contributed by atoms with Crippen LogP contribution in [0.4, 0.5) is 5.00 Å². The van der Waals surface area contributed by atoms with E-state index >= 15 is 0 Å². The second-order valence-corrected chi connectivity index (χ2v) is 5.94. The summed E-state index contributed by atoms with van der Waals surface area (Å²) >= 11 is 1.33. The van der Waals surface area contributed by atoms with Crippen molar-refractivity contribution in [2.24, 2.45) is 5.73 Å².